The number of pyridine rings is 1. The molecule has 2 atom stereocenters. The van der Waals surface area contributed by atoms with E-state index in [1.807, 2.05) is 12.3 Å². The number of hydrogen-bond donors (Lipinski definition) is 1. The van der Waals surface area contributed by atoms with Crippen LogP contribution in [-0.2, 0) is 16.0 Å². The average Bonchev–Trinajstić information content (AvgIpc) is 3.28. The summed E-state index contributed by atoms with van der Waals surface area (Å²) in [5.74, 6) is 0.920. The minimum Gasteiger partial charge on any atom is -0.490 e. The Bertz CT molecular complexity index is 922. The molecule has 0 spiro atoms. The molecule has 0 radical (unpaired) electrons. The van der Waals surface area contributed by atoms with Gasteiger partial charge in [0.15, 0.2) is 0 Å². The van der Waals surface area contributed by atoms with Crippen LogP contribution in [0.3, 0.4) is 0 Å². The second-order valence-corrected chi connectivity index (χ2v) is 10.1. The summed E-state index contributed by atoms with van der Waals surface area (Å²) in [7, 11) is 0. The summed E-state index contributed by atoms with van der Waals surface area (Å²) in [5, 5.41) is 1.13. The summed E-state index contributed by atoms with van der Waals surface area (Å²) < 4.78 is 12.3. The Labute approximate surface area is 181 Å². The number of ether oxygens (including phenoxy) is 2. The molecule has 0 aromatic carbocycles. The summed E-state index contributed by atoms with van der Waals surface area (Å²) in [4.78, 5) is 21.2. The molecule has 7 heteroatoms. The third kappa shape index (κ3) is 3.95. The van der Waals surface area contributed by atoms with Gasteiger partial charge in [-0.1, -0.05) is 0 Å². The first kappa shape index (κ1) is 20.2. The highest BCUT2D eigenvalue weighted by atomic mass is 32.1. The van der Waals surface area contributed by atoms with E-state index in [0.717, 1.165) is 61.3 Å². The molecule has 162 valence electrons. The molecule has 2 fully saturated rings. The highest BCUT2D eigenvalue weighted by molar-refractivity contribution is 7.19. The van der Waals surface area contributed by atoms with Gasteiger partial charge in [0, 0.05) is 36.6 Å². The van der Waals surface area contributed by atoms with Gasteiger partial charge >= 0.3 is 0 Å². The Morgan fingerprint density at radius 2 is 2.17 bits per heavy atom. The van der Waals surface area contributed by atoms with E-state index in [1.54, 1.807) is 11.3 Å². The average molecular weight is 430 g/mol. The number of nitrogens with zero attached hydrogens (tertiary/aromatic N) is 2. The zero-order chi connectivity index (χ0) is 20.7. The zero-order valence-corrected chi connectivity index (χ0v) is 18.5. The van der Waals surface area contributed by atoms with E-state index >= 15 is 0 Å². The van der Waals surface area contributed by atoms with E-state index < -0.39 is 0 Å². The van der Waals surface area contributed by atoms with Crippen molar-refractivity contribution >= 4 is 27.5 Å². The molecule has 2 aromatic rings. The third-order valence-corrected chi connectivity index (χ3v) is 8.14. The summed E-state index contributed by atoms with van der Waals surface area (Å²) in [6.07, 6.45) is 9.38. The van der Waals surface area contributed by atoms with Crippen LogP contribution in [0.15, 0.2) is 12.3 Å². The molecular formula is C23H31N3O3S. The van der Waals surface area contributed by atoms with Crippen LogP contribution in [0, 0.1) is 0 Å². The van der Waals surface area contributed by atoms with Gasteiger partial charge in [0.1, 0.15) is 10.6 Å². The van der Waals surface area contributed by atoms with Crippen LogP contribution in [0.4, 0.5) is 0 Å². The SMILES string of the molecule is C[C@@H]1CN(C2CCC(Oc3ccnc4sc5c(c34)[C@@H](CC(N)=O)CC5)CC2)CCO1. The standard InChI is InChI=1S/C23H31N3O3S/c1-14-13-26(10-11-28-14)16-3-5-17(6-4-16)29-18-8-9-25-23-22(18)21-15(12-20(24)27)2-7-19(21)30-23/h8-9,14-17H,2-7,10-13H2,1H3,(H2,24,27)/t14-,15-,16?,17?/m1/s1. The Morgan fingerprint density at radius 3 is 2.93 bits per heavy atom. The quantitative estimate of drug-likeness (QED) is 0.786. The molecule has 6 nitrogen and oxygen atoms in total. The molecule has 2 N–H and O–H groups in total. The molecular weight excluding hydrogens is 398 g/mol. The van der Waals surface area contributed by atoms with Crippen LogP contribution in [0.2, 0.25) is 0 Å². The molecule has 1 aliphatic heterocycles. The van der Waals surface area contributed by atoms with Crippen molar-refractivity contribution in [3.63, 3.8) is 0 Å². The van der Waals surface area contributed by atoms with Crippen LogP contribution in [0.1, 0.15) is 61.8 Å². The number of fused-ring (bicyclic) bond motifs is 3. The van der Waals surface area contributed by atoms with Gasteiger partial charge in [-0.3, -0.25) is 9.69 Å². The maximum Gasteiger partial charge on any atom is 0.218 e. The molecule has 3 heterocycles. The van der Waals surface area contributed by atoms with E-state index in [2.05, 4.69) is 16.8 Å². The van der Waals surface area contributed by atoms with Gasteiger partial charge in [0.05, 0.1) is 24.2 Å². The summed E-state index contributed by atoms with van der Waals surface area (Å²) >= 11 is 1.75. The molecule has 30 heavy (non-hydrogen) atoms. The van der Waals surface area contributed by atoms with Crippen LogP contribution in [0.5, 0.6) is 5.75 Å². The van der Waals surface area contributed by atoms with Crippen molar-refractivity contribution in [3.05, 3.63) is 22.7 Å². The fourth-order valence-electron chi connectivity index (χ4n) is 5.56. The lowest BCUT2D eigenvalue weighted by atomic mass is 9.91. The highest BCUT2D eigenvalue weighted by Crippen LogP contribution is 2.48. The van der Waals surface area contributed by atoms with Crippen molar-refractivity contribution in [1.82, 2.24) is 9.88 Å². The van der Waals surface area contributed by atoms with Gasteiger partial charge in [-0.2, -0.15) is 0 Å². The monoisotopic (exact) mass is 429 g/mol. The lowest BCUT2D eigenvalue weighted by Gasteiger charge is -2.40. The topological polar surface area (TPSA) is 77.7 Å². The number of amides is 1. The molecule has 2 aliphatic carbocycles. The van der Waals surface area contributed by atoms with Gasteiger partial charge in [0.2, 0.25) is 5.91 Å². The smallest absolute Gasteiger partial charge is 0.218 e. The third-order valence-electron chi connectivity index (χ3n) is 6.97. The maximum absolute atomic E-state index is 11.6. The van der Waals surface area contributed by atoms with E-state index in [9.17, 15) is 4.79 Å². The number of aryl methyl sites for hydroxylation is 1. The number of hydrogen-bond acceptors (Lipinski definition) is 6. The normalized spacial score (nSPS) is 29.8. The number of aromatic nitrogens is 1. The summed E-state index contributed by atoms with van der Waals surface area (Å²) in [6, 6.07) is 2.66. The largest absolute Gasteiger partial charge is 0.490 e. The number of carbonyl (C=O) groups excluding carboxylic acids is 1. The number of carbonyl (C=O) groups is 1. The van der Waals surface area contributed by atoms with E-state index in [1.165, 1.54) is 23.3 Å². The molecule has 1 saturated heterocycles. The van der Waals surface area contributed by atoms with Gasteiger partial charge < -0.3 is 15.2 Å². The van der Waals surface area contributed by atoms with E-state index in [0.29, 0.717) is 18.6 Å². The zero-order valence-electron chi connectivity index (χ0n) is 17.6. The molecule has 1 amide bonds. The summed E-state index contributed by atoms with van der Waals surface area (Å²) in [6.45, 7) is 5.11. The fraction of sp³-hybridized carbons (Fsp3) is 0.652. The minimum atomic E-state index is -0.227. The molecule has 1 saturated carbocycles. The number of primary amides is 1. The molecule has 0 bridgehead atoms. The molecule has 5 rings (SSSR count). The highest BCUT2D eigenvalue weighted by Gasteiger charge is 2.32. The van der Waals surface area contributed by atoms with Gasteiger partial charge in [-0.15, -0.1) is 11.3 Å². The van der Waals surface area contributed by atoms with Gasteiger partial charge in [0.25, 0.3) is 0 Å². The second-order valence-electron chi connectivity index (χ2n) is 9.06. The predicted molar refractivity (Wildman–Crippen MR) is 118 cm³/mol. The van der Waals surface area contributed by atoms with Crippen LogP contribution < -0.4 is 10.5 Å². The van der Waals surface area contributed by atoms with Crippen molar-refractivity contribution in [3.8, 4) is 5.75 Å². The number of rotatable bonds is 5. The van der Waals surface area contributed by atoms with Crippen molar-refractivity contribution in [2.75, 3.05) is 19.7 Å². The minimum absolute atomic E-state index is 0.205. The Hall–Kier alpha value is -1.70. The second kappa shape index (κ2) is 8.44. The lowest BCUT2D eigenvalue weighted by Crippen LogP contribution is -2.48. The van der Waals surface area contributed by atoms with Crippen molar-refractivity contribution in [2.24, 2.45) is 5.73 Å². The van der Waals surface area contributed by atoms with Gasteiger partial charge in [-0.05, 0) is 63.0 Å². The fourth-order valence-corrected chi connectivity index (χ4v) is 6.82. The molecule has 2 aromatic heterocycles. The Kier molecular flexibility index (Phi) is 5.69. The summed E-state index contributed by atoms with van der Waals surface area (Å²) in [5.41, 5.74) is 6.79. The predicted octanol–water partition coefficient (Wildman–Crippen LogP) is 3.61. The van der Waals surface area contributed by atoms with Crippen LogP contribution in [-0.4, -0.2) is 53.7 Å². The number of thiophene rings is 1. The molecule has 3 aliphatic rings. The lowest BCUT2D eigenvalue weighted by molar-refractivity contribution is -0.118. The van der Waals surface area contributed by atoms with E-state index in [4.69, 9.17) is 15.2 Å². The first-order chi connectivity index (χ1) is 14.6. The number of nitrogens with two attached hydrogens (primary N) is 1. The van der Waals surface area contributed by atoms with Crippen LogP contribution >= 0.6 is 11.3 Å². The Morgan fingerprint density at radius 1 is 1.33 bits per heavy atom. The van der Waals surface area contributed by atoms with Crippen molar-refractivity contribution < 1.29 is 14.3 Å². The van der Waals surface area contributed by atoms with Crippen LogP contribution in [0.25, 0.3) is 10.2 Å². The number of morpholine rings is 1. The van der Waals surface area contributed by atoms with Crippen molar-refractivity contribution in [2.45, 2.75) is 76.0 Å². The van der Waals surface area contributed by atoms with Gasteiger partial charge in [-0.25, -0.2) is 4.98 Å². The maximum atomic E-state index is 11.6. The molecule has 0 unspecified atom stereocenters. The first-order valence-electron chi connectivity index (χ1n) is 11.3. The first-order valence-corrected chi connectivity index (χ1v) is 12.1. The Balaban J connectivity index is 1.30. The van der Waals surface area contributed by atoms with Crippen molar-refractivity contribution in [1.29, 1.82) is 0 Å². The van der Waals surface area contributed by atoms with E-state index in [-0.39, 0.29) is 17.9 Å².